The zero-order valence-electron chi connectivity index (χ0n) is 27.8. The zero-order valence-corrected chi connectivity index (χ0v) is 27.8. The van der Waals surface area contributed by atoms with Gasteiger partial charge in [0.15, 0.2) is 28.8 Å². The number of Topliss-reactive ketones (excluding diaryl/α,β-unsaturated/α-hetero) is 3. The third-order valence-corrected chi connectivity index (χ3v) is 10.1. The molecule has 2 aliphatic rings. The minimum atomic E-state index is -1.62. The highest BCUT2D eigenvalue weighted by atomic mass is 16.3. The molecule has 3 rings (SSSR count). The van der Waals surface area contributed by atoms with Gasteiger partial charge in [-0.2, -0.15) is 0 Å². The Morgan fingerprint density at radius 3 is 2.09 bits per heavy atom. The van der Waals surface area contributed by atoms with Gasteiger partial charge in [0.2, 0.25) is 0 Å². The van der Waals surface area contributed by atoms with E-state index >= 15 is 4.79 Å². The molecule has 0 saturated heterocycles. The summed E-state index contributed by atoms with van der Waals surface area (Å²) in [6.45, 7) is 23.8. The molecule has 0 heterocycles. The van der Waals surface area contributed by atoms with Gasteiger partial charge in [-0.15, -0.1) is 6.58 Å². The van der Waals surface area contributed by atoms with E-state index in [1.54, 1.807) is 0 Å². The predicted molar refractivity (Wildman–Crippen MR) is 176 cm³/mol. The van der Waals surface area contributed by atoms with Crippen molar-refractivity contribution in [3.63, 3.8) is 0 Å². The molecule has 4 atom stereocenters. The Bertz CT molecular complexity index is 1480. The van der Waals surface area contributed by atoms with E-state index in [9.17, 15) is 24.9 Å². The van der Waals surface area contributed by atoms with Gasteiger partial charge in [0.05, 0.1) is 5.41 Å². The van der Waals surface area contributed by atoms with E-state index in [0.29, 0.717) is 19.3 Å². The number of aliphatic hydroxyl groups excluding tert-OH is 1. The lowest BCUT2D eigenvalue weighted by molar-refractivity contribution is -0.177. The van der Waals surface area contributed by atoms with E-state index in [1.807, 2.05) is 61.5 Å². The molecule has 3 N–H and O–H groups in total. The normalized spacial score (nSPS) is 26.1. The van der Waals surface area contributed by atoms with Crippen LogP contribution in [-0.4, -0.2) is 32.7 Å². The molecule has 0 amide bonds. The molecule has 238 valence electrons. The van der Waals surface area contributed by atoms with Crippen molar-refractivity contribution in [1.29, 1.82) is 0 Å². The fraction of sp³-hybridized carbons (Fsp3) is 0.500. The number of allylic oxidation sites excluding steroid dienone is 7. The van der Waals surface area contributed by atoms with Crippen LogP contribution in [0.2, 0.25) is 0 Å². The van der Waals surface area contributed by atoms with Crippen molar-refractivity contribution in [1.82, 2.24) is 0 Å². The number of aromatic hydroxyl groups is 2. The van der Waals surface area contributed by atoms with Crippen molar-refractivity contribution in [2.24, 2.45) is 28.1 Å². The maximum Gasteiger partial charge on any atom is 0.184 e. The molecule has 0 aromatic heterocycles. The summed E-state index contributed by atoms with van der Waals surface area (Å²) >= 11 is 0. The number of ketones is 3. The second-order valence-electron chi connectivity index (χ2n) is 14.3. The molecule has 1 aromatic carbocycles. The van der Waals surface area contributed by atoms with Gasteiger partial charge >= 0.3 is 0 Å². The first-order valence-corrected chi connectivity index (χ1v) is 15.5. The van der Waals surface area contributed by atoms with Crippen LogP contribution in [0, 0.1) is 28.1 Å². The van der Waals surface area contributed by atoms with Gasteiger partial charge < -0.3 is 15.3 Å². The number of carbonyl (C=O) groups is 3. The average molecular weight is 603 g/mol. The van der Waals surface area contributed by atoms with E-state index in [4.69, 9.17) is 0 Å². The Balaban J connectivity index is 2.45. The second-order valence-corrected chi connectivity index (χ2v) is 14.3. The number of carbonyl (C=O) groups excluding carboxylic acids is 3. The molecule has 6 nitrogen and oxygen atoms in total. The lowest BCUT2D eigenvalue weighted by Gasteiger charge is -2.60. The van der Waals surface area contributed by atoms with Crippen LogP contribution in [0.1, 0.15) is 99.5 Å². The Labute approximate surface area is 263 Å². The molecular weight excluding hydrogens is 552 g/mol. The number of benzene rings is 1. The highest BCUT2D eigenvalue weighted by Gasteiger charge is 2.74. The Kier molecular flexibility index (Phi) is 10.1. The number of hydrogen-bond donors (Lipinski definition) is 3. The van der Waals surface area contributed by atoms with Gasteiger partial charge in [0.25, 0.3) is 0 Å². The van der Waals surface area contributed by atoms with E-state index in [2.05, 4.69) is 19.2 Å². The van der Waals surface area contributed by atoms with Crippen molar-refractivity contribution in [3.05, 3.63) is 76.9 Å². The summed E-state index contributed by atoms with van der Waals surface area (Å²) in [4.78, 5) is 44.9. The molecule has 6 heteroatoms. The van der Waals surface area contributed by atoms with Gasteiger partial charge in [-0.1, -0.05) is 54.9 Å². The standard InChI is InChI=1S/C38H50O6/c1-22(2)11-13-27(25(7)8)20-37-21-28(15-12-23(3)4)36(9,10)38(35(37)44,18-17-24(5)6)34(43)31(33(37)42)32(41)26-14-16-29(39)30(40)19-26/h12,14,16-17,19,27-28,39-41H,1,7,11,13,15,18,20-21H2,2-6,8-10H3/t27-,28-,37+,38+/m0/s1. The molecule has 2 fully saturated rings. The molecule has 1 aromatic rings. The first-order chi connectivity index (χ1) is 20.3. The summed E-state index contributed by atoms with van der Waals surface area (Å²) in [5, 5.41) is 31.7. The van der Waals surface area contributed by atoms with Gasteiger partial charge in [0.1, 0.15) is 16.7 Å². The minimum Gasteiger partial charge on any atom is -0.506 e. The maximum absolute atomic E-state index is 15.2. The van der Waals surface area contributed by atoms with Crippen LogP contribution in [-0.2, 0) is 14.4 Å². The summed E-state index contributed by atoms with van der Waals surface area (Å²) in [5.74, 6) is -3.61. The summed E-state index contributed by atoms with van der Waals surface area (Å²) < 4.78 is 0. The number of hydrogen-bond acceptors (Lipinski definition) is 6. The molecular formula is C38H50O6. The van der Waals surface area contributed by atoms with E-state index in [0.717, 1.165) is 28.4 Å². The maximum atomic E-state index is 15.2. The first-order valence-electron chi connectivity index (χ1n) is 15.5. The molecule has 0 unspecified atom stereocenters. The molecule has 0 spiro atoms. The second kappa shape index (κ2) is 12.7. The number of fused-ring (bicyclic) bond motifs is 2. The highest BCUT2D eigenvalue weighted by molar-refractivity contribution is 6.41. The van der Waals surface area contributed by atoms with Gasteiger partial charge in [0, 0.05) is 5.56 Å². The zero-order chi connectivity index (χ0) is 33.4. The van der Waals surface area contributed by atoms with Crippen molar-refractivity contribution < 1.29 is 29.7 Å². The molecule has 2 saturated carbocycles. The third-order valence-electron chi connectivity index (χ3n) is 10.1. The van der Waals surface area contributed by atoms with Gasteiger partial charge in [-0.05, 0) is 116 Å². The van der Waals surface area contributed by atoms with E-state index < -0.39 is 50.6 Å². The summed E-state index contributed by atoms with van der Waals surface area (Å²) in [7, 11) is 0. The highest BCUT2D eigenvalue weighted by Crippen LogP contribution is 2.66. The molecule has 2 aliphatic carbocycles. The summed E-state index contributed by atoms with van der Waals surface area (Å²) in [6, 6.07) is 3.64. The summed E-state index contributed by atoms with van der Waals surface area (Å²) in [6.07, 6.45) is 6.46. The van der Waals surface area contributed by atoms with Crippen LogP contribution in [0.4, 0.5) is 0 Å². The van der Waals surface area contributed by atoms with Crippen LogP contribution >= 0.6 is 0 Å². The Morgan fingerprint density at radius 1 is 0.955 bits per heavy atom. The topological polar surface area (TPSA) is 112 Å². The molecule has 0 radical (unpaired) electrons. The third kappa shape index (κ3) is 6.00. The number of phenols is 2. The summed E-state index contributed by atoms with van der Waals surface area (Å²) in [5.41, 5.74) is -0.587. The van der Waals surface area contributed by atoms with Crippen molar-refractivity contribution >= 4 is 23.1 Å². The van der Waals surface area contributed by atoms with Crippen LogP contribution in [0.3, 0.4) is 0 Å². The van der Waals surface area contributed by atoms with Crippen LogP contribution in [0.5, 0.6) is 11.5 Å². The lowest BCUT2D eigenvalue weighted by Crippen LogP contribution is -2.69. The Morgan fingerprint density at radius 2 is 1.57 bits per heavy atom. The average Bonchev–Trinajstić information content (AvgIpc) is 2.91. The van der Waals surface area contributed by atoms with Crippen molar-refractivity contribution in [2.75, 3.05) is 0 Å². The largest absolute Gasteiger partial charge is 0.506 e. The van der Waals surface area contributed by atoms with Crippen molar-refractivity contribution in [2.45, 2.75) is 93.9 Å². The first kappa shape index (κ1) is 34.8. The smallest absolute Gasteiger partial charge is 0.184 e. The molecule has 2 bridgehead atoms. The van der Waals surface area contributed by atoms with Gasteiger partial charge in [-0.3, -0.25) is 14.4 Å². The number of aliphatic hydroxyl groups is 1. The van der Waals surface area contributed by atoms with Crippen LogP contribution in [0.25, 0.3) is 5.76 Å². The Hall–Kier alpha value is -3.67. The molecule has 44 heavy (non-hydrogen) atoms. The van der Waals surface area contributed by atoms with E-state index in [-0.39, 0.29) is 42.4 Å². The van der Waals surface area contributed by atoms with Crippen LogP contribution < -0.4 is 0 Å². The fourth-order valence-electron chi connectivity index (χ4n) is 7.19. The SMILES string of the molecule is C=C(C)CC[C@@H](C[C@@]12C[C@H](CC=C(C)C)C(C)(C)[C@](CC=C(C)C)(C(=O)C(=C(O)c3ccc(O)c(O)c3)C1=O)C2=O)C(=C)C. The monoisotopic (exact) mass is 602 g/mol. The van der Waals surface area contributed by atoms with Crippen LogP contribution in [0.15, 0.2) is 71.4 Å². The number of rotatable bonds is 11. The quantitative estimate of drug-likeness (QED) is 0.0583. The fourth-order valence-corrected chi connectivity index (χ4v) is 7.19. The molecule has 0 aliphatic heterocycles. The number of phenolic OH excluding ortho intramolecular Hbond substituents is 2. The minimum absolute atomic E-state index is 0.00886. The lowest BCUT2D eigenvalue weighted by atomic mass is 9.38. The predicted octanol–water partition coefficient (Wildman–Crippen LogP) is 8.76. The van der Waals surface area contributed by atoms with E-state index in [1.165, 1.54) is 12.1 Å². The van der Waals surface area contributed by atoms with Gasteiger partial charge in [-0.25, -0.2) is 0 Å². The van der Waals surface area contributed by atoms with Crippen molar-refractivity contribution in [3.8, 4) is 11.5 Å².